The third kappa shape index (κ3) is 8.57. The number of hydrogen-bond acceptors (Lipinski definition) is 8. The molecule has 1 saturated heterocycles. The number of morpholine rings is 1. The van der Waals surface area contributed by atoms with Crippen LogP contribution < -0.4 is 5.32 Å². The number of carbonyl (C=O) groups is 2. The van der Waals surface area contributed by atoms with Crippen molar-refractivity contribution in [1.82, 2.24) is 9.88 Å². The summed E-state index contributed by atoms with van der Waals surface area (Å²) in [4.78, 5) is 28.8. The zero-order valence-electron chi connectivity index (χ0n) is 15.7. The van der Waals surface area contributed by atoms with Crippen LogP contribution >= 0.6 is 22.7 Å². The highest BCUT2D eigenvalue weighted by molar-refractivity contribution is 7.17. The predicted octanol–water partition coefficient (Wildman–Crippen LogP) is 3.01. The average Bonchev–Trinajstić information content (AvgIpc) is 3.35. The molecule has 2 aromatic heterocycles. The highest BCUT2D eigenvalue weighted by Crippen LogP contribution is 2.31. The maximum atomic E-state index is 9.55. The van der Waals surface area contributed by atoms with E-state index in [1.54, 1.807) is 11.3 Å². The van der Waals surface area contributed by atoms with Crippen molar-refractivity contribution in [2.75, 3.05) is 38.2 Å². The summed E-state index contributed by atoms with van der Waals surface area (Å²) in [6.45, 7) is 9.22. The van der Waals surface area contributed by atoms with Gasteiger partial charge in [-0.15, -0.1) is 29.3 Å². The molecule has 0 aliphatic carbocycles. The van der Waals surface area contributed by atoms with E-state index in [9.17, 15) is 9.59 Å². The minimum absolute atomic E-state index is 0.558. The molecule has 3 heterocycles. The molecule has 3 N–H and O–H groups in total. The first-order chi connectivity index (χ1) is 14.0. The SMILES string of the molecule is C=CCNc1nc(-c2ccc(CN3CCOCC3)s2)cs1.O=C(O)C=CC(=O)O. The second kappa shape index (κ2) is 12.1. The van der Waals surface area contributed by atoms with Gasteiger partial charge in [0.1, 0.15) is 0 Å². The van der Waals surface area contributed by atoms with Crippen LogP contribution in [0.2, 0.25) is 0 Å². The lowest BCUT2D eigenvalue weighted by Crippen LogP contribution is -2.35. The van der Waals surface area contributed by atoms with E-state index in [0.717, 1.165) is 50.2 Å². The van der Waals surface area contributed by atoms with Gasteiger partial charge in [-0.1, -0.05) is 6.08 Å². The Hall–Kier alpha value is -2.53. The van der Waals surface area contributed by atoms with E-state index in [1.165, 1.54) is 9.75 Å². The molecular weight excluding hydrogens is 414 g/mol. The molecule has 0 aromatic carbocycles. The lowest BCUT2D eigenvalue weighted by molar-refractivity contribution is -0.134. The molecule has 0 atom stereocenters. The number of anilines is 1. The molecule has 1 aliphatic rings. The van der Waals surface area contributed by atoms with Gasteiger partial charge in [0.15, 0.2) is 5.13 Å². The summed E-state index contributed by atoms with van der Waals surface area (Å²) in [6.07, 6.45) is 2.96. The summed E-state index contributed by atoms with van der Waals surface area (Å²) in [6, 6.07) is 4.39. The Kier molecular flexibility index (Phi) is 9.51. The maximum absolute atomic E-state index is 9.55. The number of rotatable bonds is 8. The van der Waals surface area contributed by atoms with Crippen LogP contribution in [0.5, 0.6) is 0 Å². The molecule has 0 unspecified atom stereocenters. The number of thiophene rings is 1. The number of aromatic nitrogens is 1. The van der Waals surface area contributed by atoms with Gasteiger partial charge >= 0.3 is 11.9 Å². The first kappa shape index (κ1) is 22.8. The van der Waals surface area contributed by atoms with E-state index >= 15 is 0 Å². The fourth-order valence-electron chi connectivity index (χ4n) is 2.35. The van der Waals surface area contributed by atoms with Crippen LogP contribution in [0.25, 0.3) is 10.6 Å². The molecule has 0 radical (unpaired) electrons. The predicted molar refractivity (Wildman–Crippen MR) is 115 cm³/mol. The second-order valence-electron chi connectivity index (χ2n) is 5.87. The normalized spacial score (nSPS) is 14.2. The zero-order chi connectivity index (χ0) is 21.1. The number of nitrogens with one attached hydrogen (secondary N) is 1. The first-order valence-corrected chi connectivity index (χ1v) is 10.5. The number of thiazole rings is 1. The Bertz CT molecular complexity index is 825. The van der Waals surface area contributed by atoms with Crippen molar-refractivity contribution in [3.8, 4) is 10.6 Å². The van der Waals surface area contributed by atoms with Crippen molar-refractivity contribution in [3.63, 3.8) is 0 Å². The smallest absolute Gasteiger partial charge is 0.328 e. The van der Waals surface area contributed by atoms with E-state index in [0.29, 0.717) is 12.2 Å². The maximum Gasteiger partial charge on any atom is 0.328 e. The summed E-state index contributed by atoms with van der Waals surface area (Å²) in [5.74, 6) is -2.51. The van der Waals surface area contributed by atoms with Gasteiger partial charge < -0.3 is 20.3 Å². The monoisotopic (exact) mass is 437 g/mol. The molecule has 0 spiro atoms. The van der Waals surface area contributed by atoms with Crippen molar-refractivity contribution in [2.45, 2.75) is 6.54 Å². The Morgan fingerprint density at radius 1 is 1.24 bits per heavy atom. The molecule has 0 amide bonds. The number of carboxylic acid groups (broad SMARTS) is 2. The minimum Gasteiger partial charge on any atom is -0.478 e. The lowest BCUT2D eigenvalue weighted by atomic mass is 10.3. The van der Waals surface area contributed by atoms with Crippen molar-refractivity contribution in [3.05, 3.63) is 47.2 Å². The Morgan fingerprint density at radius 2 is 1.93 bits per heavy atom. The molecule has 156 valence electrons. The van der Waals surface area contributed by atoms with Gasteiger partial charge in [0.05, 0.1) is 23.8 Å². The molecule has 2 aromatic rings. The van der Waals surface area contributed by atoms with E-state index in [1.807, 2.05) is 17.4 Å². The molecular formula is C19H23N3O5S2. The van der Waals surface area contributed by atoms with E-state index in [4.69, 9.17) is 14.9 Å². The molecule has 1 aliphatic heterocycles. The molecule has 29 heavy (non-hydrogen) atoms. The summed E-state index contributed by atoms with van der Waals surface area (Å²) >= 11 is 3.47. The number of aliphatic carboxylic acids is 2. The van der Waals surface area contributed by atoms with Crippen molar-refractivity contribution >= 4 is 39.7 Å². The van der Waals surface area contributed by atoms with Gasteiger partial charge in [0.2, 0.25) is 0 Å². The topological polar surface area (TPSA) is 112 Å². The van der Waals surface area contributed by atoms with Gasteiger partial charge in [-0.25, -0.2) is 14.6 Å². The molecule has 3 rings (SSSR count). The number of hydrogen-bond donors (Lipinski definition) is 3. The van der Waals surface area contributed by atoms with Crippen molar-refractivity contribution < 1.29 is 24.5 Å². The summed E-state index contributed by atoms with van der Waals surface area (Å²) in [5, 5.41) is 21.9. The van der Waals surface area contributed by atoms with Crippen molar-refractivity contribution in [2.24, 2.45) is 0 Å². The molecule has 0 saturated carbocycles. The van der Waals surface area contributed by atoms with Gasteiger partial charge in [0, 0.05) is 48.6 Å². The highest BCUT2D eigenvalue weighted by atomic mass is 32.1. The first-order valence-electron chi connectivity index (χ1n) is 8.81. The standard InChI is InChI=1S/C15H19N3OS2.C4H4O4/c1-2-5-16-15-17-13(11-20-15)14-4-3-12(21-14)10-18-6-8-19-9-7-18;5-3(6)1-2-4(7)8/h2-4,11H,1,5-10H2,(H,16,17);1-2H,(H,5,6)(H,7,8). The van der Waals surface area contributed by atoms with E-state index in [2.05, 4.69) is 39.3 Å². The van der Waals surface area contributed by atoms with Crippen LogP contribution in [-0.2, 0) is 20.9 Å². The minimum atomic E-state index is -1.26. The third-order valence-electron chi connectivity index (χ3n) is 3.67. The Balaban J connectivity index is 0.000000321. The largest absolute Gasteiger partial charge is 0.478 e. The molecule has 0 bridgehead atoms. The molecule has 1 fully saturated rings. The van der Waals surface area contributed by atoms with Gasteiger partial charge in [0.25, 0.3) is 0 Å². The average molecular weight is 438 g/mol. The Labute approximate surface area is 176 Å². The number of ether oxygens (including phenoxy) is 1. The zero-order valence-corrected chi connectivity index (χ0v) is 17.4. The molecule has 8 nitrogen and oxygen atoms in total. The molecule has 10 heteroatoms. The van der Waals surface area contributed by atoms with Crippen LogP contribution in [-0.4, -0.2) is 64.9 Å². The van der Waals surface area contributed by atoms with Crippen LogP contribution in [0, 0.1) is 0 Å². The van der Waals surface area contributed by atoms with Crippen LogP contribution in [0.4, 0.5) is 5.13 Å². The fourth-order valence-corrected chi connectivity index (χ4v) is 4.16. The summed E-state index contributed by atoms with van der Waals surface area (Å²) < 4.78 is 5.39. The van der Waals surface area contributed by atoms with Gasteiger partial charge in [-0.3, -0.25) is 4.90 Å². The van der Waals surface area contributed by atoms with Crippen LogP contribution in [0.1, 0.15) is 4.88 Å². The summed E-state index contributed by atoms with van der Waals surface area (Å²) in [7, 11) is 0. The Morgan fingerprint density at radius 3 is 2.55 bits per heavy atom. The second-order valence-corrected chi connectivity index (χ2v) is 7.90. The van der Waals surface area contributed by atoms with Crippen molar-refractivity contribution in [1.29, 1.82) is 0 Å². The fraction of sp³-hybridized carbons (Fsp3) is 0.316. The quantitative estimate of drug-likeness (QED) is 0.427. The van der Waals surface area contributed by atoms with E-state index in [-0.39, 0.29) is 0 Å². The highest BCUT2D eigenvalue weighted by Gasteiger charge is 2.13. The van der Waals surface area contributed by atoms with Crippen LogP contribution in [0.3, 0.4) is 0 Å². The van der Waals surface area contributed by atoms with Gasteiger partial charge in [-0.05, 0) is 12.1 Å². The lowest BCUT2D eigenvalue weighted by Gasteiger charge is -2.25. The van der Waals surface area contributed by atoms with Gasteiger partial charge in [-0.2, -0.15) is 0 Å². The van der Waals surface area contributed by atoms with Crippen LogP contribution in [0.15, 0.2) is 42.3 Å². The number of nitrogens with zero attached hydrogens (tertiary/aromatic N) is 2. The summed E-state index contributed by atoms with van der Waals surface area (Å²) in [5.41, 5.74) is 1.06. The van der Waals surface area contributed by atoms with E-state index < -0.39 is 11.9 Å². The number of carboxylic acids is 2. The third-order valence-corrected chi connectivity index (χ3v) is 5.56.